The van der Waals surface area contributed by atoms with Crippen molar-refractivity contribution in [2.75, 3.05) is 0 Å². The van der Waals surface area contributed by atoms with Gasteiger partial charge in [0.15, 0.2) is 0 Å². The van der Waals surface area contributed by atoms with E-state index in [1.165, 1.54) is 6.42 Å². The van der Waals surface area contributed by atoms with Crippen molar-refractivity contribution in [3.63, 3.8) is 0 Å². The van der Waals surface area contributed by atoms with Crippen molar-refractivity contribution in [1.29, 1.82) is 0 Å². The highest BCUT2D eigenvalue weighted by Crippen LogP contribution is 2.27. The average Bonchev–Trinajstić information content (AvgIpc) is 2.55. The first kappa shape index (κ1) is 11.8. The second-order valence-electron chi connectivity index (χ2n) is 5.24. The maximum Gasteiger partial charge on any atom is 0.294 e. The Hall–Kier alpha value is -0.680. The zero-order chi connectivity index (χ0) is 11.6. The summed E-state index contributed by atoms with van der Waals surface area (Å²) < 4.78 is 5.68. The molecular weight excluding hydrogens is 222 g/mol. The second kappa shape index (κ2) is 4.67. The van der Waals surface area contributed by atoms with E-state index in [1.54, 1.807) is 11.3 Å². The molecule has 0 aromatic carbocycles. The van der Waals surface area contributed by atoms with Crippen LogP contribution in [0, 0.1) is 0 Å². The quantitative estimate of drug-likeness (QED) is 0.879. The first-order chi connectivity index (χ1) is 7.53. The van der Waals surface area contributed by atoms with Gasteiger partial charge in [0.05, 0.1) is 6.54 Å². The van der Waals surface area contributed by atoms with E-state index in [0.29, 0.717) is 6.10 Å². The number of rotatable bonds is 4. The standard InChI is InChI=1S/C11H19N3OS/c1-11(2,3)12-7-9-13-14-10(16-9)15-8-5-4-6-8/h8,12H,4-7H2,1-3H3. The van der Waals surface area contributed by atoms with Crippen molar-refractivity contribution in [3.8, 4) is 5.19 Å². The van der Waals surface area contributed by atoms with Crippen LogP contribution in [0.25, 0.3) is 0 Å². The first-order valence-corrected chi connectivity index (χ1v) is 6.59. The van der Waals surface area contributed by atoms with E-state index < -0.39 is 0 Å². The van der Waals surface area contributed by atoms with Gasteiger partial charge in [-0.05, 0) is 40.0 Å². The molecule has 4 nitrogen and oxygen atoms in total. The third-order valence-corrected chi connectivity index (χ3v) is 3.35. The van der Waals surface area contributed by atoms with Crippen LogP contribution in [0.15, 0.2) is 0 Å². The molecule has 0 radical (unpaired) electrons. The third kappa shape index (κ3) is 3.42. The van der Waals surface area contributed by atoms with Crippen molar-refractivity contribution in [3.05, 3.63) is 5.01 Å². The van der Waals surface area contributed by atoms with Gasteiger partial charge in [0.25, 0.3) is 5.19 Å². The summed E-state index contributed by atoms with van der Waals surface area (Å²) in [6.07, 6.45) is 3.99. The molecule has 2 rings (SSSR count). The Kier molecular flexibility index (Phi) is 3.44. The lowest BCUT2D eigenvalue weighted by Crippen LogP contribution is -2.35. The van der Waals surface area contributed by atoms with Crippen molar-refractivity contribution < 1.29 is 4.74 Å². The van der Waals surface area contributed by atoms with E-state index in [1.807, 2.05) is 0 Å². The minimum atomic E-state index is 0.112. The van der Waals surface area contributed by atoms with Gasteiger partial charge in [-0.25, -0.2) is 0 Å². The van der Waals surface area contributed by atoms with Gasteiger partial charge < -0.3 is 10.1 Å². The predicted molar refractivity (Wildman–Crippen MR) is 64.8 cm³/mol. The number of nitrogens with one attached hydrogen (secondary N) is 1. The number of nitrogens with zero attached hydrogens (tertiary/aromatic N) is 2. The van der Waals surface area contributed by atoms with Gasteiger partial charge in [0.2, 0.25) is 0 Å². The highest BCUT2D eigenvalue weighted by Gasteiger charge is 2.21. The van der Waals surface area contributed by atoms with Crippen molar-refractivity contribution >= 4 is 11.3 Å². The minimum absolute atomic E-state index is 0.112. The number of hydrogen-bond donors (Lipinski definition) is 1. The lowest BCUT2D eigenvalue weighted by molar-refractivity contribution is 0.119. The van der Waals surface area contributed by atoms with Crippen LogP contribution in [0.1, 0.15) is 45.0 Å². The minimum Gasteiger partial charge on any atom is -0.466 e. The van der Waals surface area contributed by atoms with Crippen LogP contribution in [0.3, 0.4) is 0 Å². The molecule has 0 spiro atoms. The van der Waals surface area contributed by atoms with E-state index in [0.717, 1.165) is 29.6 Å². The summed E-state index contributed by atoms with van der Waals surface area (Å²) in [4.78, 5) is 0. The summed E-state index contributed by atoms with van der Waals surface area (Å²) in [6.45, 7) is 7.18. The van der Waals surface area contributed by atoms with Crippen molar-refractivity contribution in [1.82, 2.24) is 15.5 Å². The Morgan fingerprint density at radius 2 is 2.12 bits per heavy atom. The second-order valence-corrected chi connectivity index (χ2v) is 6.26. The monoisotopic (exact) mass is 241 g/mol. The number of hydrogen-bond acceptors (Lipinski definition) is 5. The molecule has 0 aliphatic heterocycles. The van der Waals surface area contributed by atoms with E-state index in [2.05, 4.69) is 36.3 Å². The molecule has 1 aliphatic rings. The predicted octanol–water partition coefficient (Wildman–Crippen LogP) is 2.36. The first-order valence-electron chi connectivity index (χ1n) is 5.77. The zero-order valence-electron chi connectivity index (χ0n) is 10.1. The Labute approximate surface area is 100 Å². The van der Waals surface area contributed by atoms with Crippen molar-refractivity contribution in [2.24, 2.45) is 0 Å². The van der Waals surface area contributed by atoms with E-state index in [9.17, 15) is 0 Å². The average molecular weight is 241 g/mol. The number of aromatic nitrogens is 2. The molecule has 0 saturated heterocycles. The highest BCUT2D eigenvalue weighted by atomic mass is 32.1. The van der Waals surface area contributed by atoms with Crippen LogP contribution in [0.4, 0.5) is 0 Å². The van der Waals surface area contributed by atoms with Crippen LogP contribution in [0.5, 0.6) is 5.19 Å². The fourth-order valence-electron chi connectivity index (χ4n) is 1.33. The molecule has 1 N–H and O–H groups in total. The van der Waals surface area contributed by atoms with Crippen LogP contribution in [-0.4, -0.2) is 21.8 Å². The summed E-state index contributed by atoms with van der Waals surface area (Å²) in [5.74, 6) is 0. The third-order valence-electron chi connectivity index (χ3n) is 2.54. The summed E-state index contributed by atoms with van der Waals surface area (Å²) in [6, 6.07) is 0. The Morgan fingerprint density at radius 1 is 1.38 bits per heavy atom. The molecule has 1 aliphatic carbocycles. The Morgan fingerprint density at radius 3 is 2.69 bits per heavy atom. The van der Waals surface area contributed by atoms with E-state index >= 15 is 0 Å². The molecule has 0 atom stereocenters. The molecule has 5 heteroatoms. The van der Waals surface area contributed by atoms with Crippen LogP contribution < -0.4 is 10.1 Å². The molecule has 0 unspecified atom stereocenters. The summed E-state index contributed by atoms with van der Waals surface area (Å²) in [7, 11) is 0. The Balaban J connectivity index is 1.82. The Bertz CT molecular complexity index is 341. The van der Waals surface area contributed by atoms with Crippen molar-refractivity contribution in [2.45, 2.75) is 58.2 Å². The fraction of sp³-hybridized carbons (Fsp3) is 0.818. The van der Waals surface area contributed by atoms with E-state index in [-0.39, 0.29) is 5.54 Å². The molecule has 0 amide bonds. The molecule has 1 aromatic heterocycles. The van der Waals surface area contributed by atoms with E-state index in [4.69, 9.17) is 4.74 Å². The highest BCUT2D eigenvalue weighted by molar-refractivity contribution is 7.13. The lowest BCUT2D eigenvalue weighted by Gasteiger charge is -2.24. The summed E-state index contributed by atoms with van der Waals surface area (Å²) in [5, 5.41) is 13.2. The van der Waals surface area contributed by atoms with Gasteiger partial charge in [-0.1, -0.05) is 16.4 Å². The molecule has 0 bridgehead atoms. The molecule has 16 heavy (non-hydrogen) atoms. The van der Waals surface area contributed by atoms with Crippen LogP contribution >= 0.6 is 11.3 Å². The van der Waals surface area contributed by atoms with Crippen LogP contribution in [0.2, 0.25) is 0 Å². The van der Waals surface area contributed by atoms with Gasteiger partial charge in [0, 0.05) is 5.54 Å². The molecule has 1 aromatic rings. The maximum atomic E-state index is 5.68. The van der Waals surface area contributed by atoms with Gasteiger partial charge in [-0.15, -0.1) is 5.10 Å². The lowest BCUT2D eigenvalue weighted by atomic mass is 9.96. The largest absolute Gasteiger partial charge is 0.466 e. The number of ether oxygens (including phenoxy) is 1. The normalized spacial score (nSPS) is 17.2. The maximum absolute atomic E-state index is 5.68. The van der Waals surface area contributed by atoms with Gasteiger partial charge >= 0.3 is 0 Å². The molecule has 1 fully saturated rings. The molecular formula is C11H19N3OS. The molecule has 1 heterocycles. The van der Waals surface area contributed by atoms with Gasteiger partial charge in [-0.3, -0.25) is 0 Å². The SMILES string of the molecule is CC(C)(C)NCc1nnc(OC2CCC2)s1. The zero-order valence-corrected chi connectivity index (χ0v) is 10.9. The summed E-state index contributed by atoms with van der Waals surface area (Å²) >= 11 is 1.54. The molecule has 1 saturated carbocycles. The fourth-order valence-corrected chi connectivity index (χ4v) is 2.02. The van der Waals surface area contributed by atoms with Gasteiger partial charge in [0.1, 0.15) is 11.1 Å². The molecule has 90 valence electrons. The van der Waals surface area contributed by atoms with Gasteiger partial charge in [-0.2, -0.15) is 0 Å². The summed E-state index contributed by atoms with van der Waals surface area (Å²) in [5.41, 5.74) is 0.112. The smallest absolute Gasteiger partial charge is 0.294 e. The topological polar surface area (TPSA) is 47.0 Å². The van der Waals surface area contributed by atoms with Crippen LogP contribution in [-0.2, 0) is 6.54 Å².